The van der Waals surface area contributed by atoms with Crippen molar-refractivity contribution in [3.05, 3.63) is 48.5 Å². The first kappa shape index (κ1) is 12.6. The number of benzene rings is 1. The molecule has 0 fully saturated rings. The van der Waals surface area contributed by atoms with E-state index in [0.29, 0.717) is 6.04 Å². The molecule has 0 spiro atoms. The SMILES string of the molecule is CC(C)Nc1nc[n+](Cc2ccccc2)c2nc[nH]c12. The highest BCUT2D eigenvalue weighted by atomic mass is 15.1. The van der Waals surface area contributed by atoms with Gasteiger partial charge in [0.1, 0.15) is 0 Å². The largest absolute Gasteiger partial charge is 0.352 e. The molecule has 102 valence electrons. The maximum absolute atomic E-state index is 4.50. The smallest absolute Gasteiger partial charge is 0.293 e. The number of aromatic nitrogens is 4. The van der Waals surface area contributed by atoms with Gasteiger partial charge < -0.3 is 10.3 Å². The molecule has 0 saturated heterocycles. The van der Waals surface area contributed by atoms with Crippen molar-refractivity contribution in [1.82, 2.24) is 15.0 Å². The van der Waals surface area contributed by atoms with Crippen LogP contribution in [0.1, 0.15) is 19.4 Å². The van der Waals surface area contributed by atoms with Crippen LogP contribution < -0.4 is 9.88 Å². The van der Waals surface area contributed by atoms with E-state index in [0.717, 1.165) is 23.5 Å². The number of aromatic amines is 1. The summed E-state index contributed by atoms with van der Waals surface area (Å²) in [5.74, 6) is 0.844. The minimum absolute atomic E-state index is 0.332. The monoisotopic (exact) mass is 268 g/mol. The molecule has 0 bridgehead atoms. The van der Waals surface area contributed by atoms with Crippen LogP contribution in [0.5, 0.6) is 0 Å². The van der Waals surface area contributed by atoms with E-state index in [1.807, 2.05) is 29.1 Å². The number of H-pyrrole nitrogens is 1. The molecule has 2 aromatic heterocycles. The zero-order valence-electron chi connectivity index (χ0n) is 11.7. The van der Waals surface area contributed by atoms with E-state index in [9.17, 15) is 0 Å². The van der Waals surface area contributed by atoms with Gasteiger partial charge in [0.15, 0.2) is 11.8 Å². The van der Waals surface area contributed by atoms with E-state index in [4.69, 9.17) is 0 Å². The van der Waals surface area contributed by atoms with Crippen LogP contribution in [0, 0.1) is 0 Å². The lowest BCUT2D eigenvalue weighted by Crippen LogP contribution is -2.36. The second-order valence-corrected chi connectivity index (χ2v) is 5.11. The molecule has 0 atom stereocenters. The van der Waals surface area contributed by atoms with Crippen molar-refractivity contribution >= 4 is 17.0 Å². The van der Waals surface area contributed by atoms with Gasteiger partial charge in [-0.05, 0) is 19.4 Å². The third kappa shape index (κ3) is 2.47. The Hall–Kier alpha value is -2.43. The summed E-state index contributed by atoms with van der Waals surface area (Å²) in [6, 6.07) is 10.6. The predicted molar refractivity (Wildman–Crippen MR) is 78.4 cm³/mol. The first-order chi connectivity index (χ1) is 9.74. The van der Waals surface area contributed by atoms with Crippen molar-refractivity contribution in [2.24, 2.45) is 0 Å². The lowest BCUT2D eigenvalue weighted by Gasteiger charge is -2.07. The molecular weight excluding hydrogens is 250 g/mol. The minimum atomic E-state index is 0.332. The Morgan fingerprint density at radius 3 is 2.75 bits per heavy atom. The van der Waals surface area contributed by atoms with E-state index in [2.05, 4.69) is 46.2 Å². The van der Waals surface area contributed by atoms with Crippen LogP contribution in [0.4, 0.5) is 5.82 Å². The van der Waals surface area contributed by atoms with Crippen LogP contribution >= 0.6 is 0 Å². The summed E-state index contributed by atoms with van der Waals surface area (Å²) in [6.07, 6.45) is 3.54. The Kier molecular flexibility index (Phi) is 3.33. The molecule has 0 aliphatic rings. The second-order valence-electron chi connectivity index (χ2n) is 5.11. The number of rotatable bonds is 4. The van der Waals surface area contributed by atoms with E-state index < -0.39 is 0 Å². The van der Waals surface area contributed by atoms with Gasteiger partial charge in [-0.3, -0.25) is 0 Å². The second kappa shape index (κ2) is 5.28. The van der Waals surface area contributed by atoms with Crippen molar-refractivity contribution in [2.75, 3.05) is 5.32 Å². The van der Waals surface area contributed by atoms with Gasteiger partial charge in [-0.2, -0.15) is 0 Å². The Bertz CT molecular complexity index is 703. The molecule has 2 N–H and O–H groups in total. The van der Waals surface area contributed by atoms with Crippen molar-refractivity contribution in [3.8, 4) is 0 Å². The number of fused-ring (bicyclic) bond motifs is 1. The highest BCUT2D eigenvalue weighted by Crippen LogP contribution is 2.14. The van der Waals surface area contributed by atoms with Gasteiger partial charge in [-0.1, -0.05) is 40.3 Å². The van der Waals surface area contributed by atoms with Crippen LogP contribution in [0.3, 0.4) is 0 Å². The van der Waals surface area contributed by atoms with Crippen molar-refractivity contribution in [3.63, 3.8) is 0 Å². The summed E-state index contributed by atoms with van der Waals surface area (Å²) < 4.78 is 2.05. The number of hydrogen-bond acceptors (Lipinski definition) is 3. The maximum Gasteiger partial charge on any atom is 0.293 e. The first-order valence-electron chi connectivity index (χ1n) is 6.76. The molecule has 3 aromatic rings. The fourth-order valence-electron chi connectivity index (χ4n) is 2.20. The van der Waals surface area contributed by atoms with E-state index >= 15 is 0 Å². The van der Waals surface area contributed by atoms with Gasteiger partial charge in [0.2, 0.25) is 12.1 Å². The Morgan fingerprint density at radius 1 is 1.20 bits per heavy atom. The molecule has 0 radical (unpaired) electrons. The quantitative estimate of drug-likeness (QED) is 0.713. The van der Waals surface area contributed by atoms with Crippen LogP contribution in [0.15, 0.2) is 43.0 Å². The fourth-order valence-corrected chi connectivity index (χ4v) is 2.20. The zero-order chi connectivity index (χ0) is 13.9. The molecule has 0 aliphatic heterocycles. The number of imidazole rings is 1. The molecule has 2 heterocycles. The topological polar surface area (TPSA) is 57.5 Å². The minimum Gasteiger partial charge on any atom is -0.352 e. The van der Waals surface area contributed by atoms with Crippen molar-refractivity contribution in [1.29, 1.82) is 0 Å². The van der Waals surface area contributed by atoms with Crippen LogP contribution in [0.2, 0.25) is 0 Å². The highest BCUT2D eigenvalue weighted by molar-refractivity contribution is 5.79. The molecule has 0 unspecified atom stereocenters. The van der Waals surface area contributed by atoms with E-state index in [1.165, 1.54) is 5.56 Å². The molecule has 3 rings (SSSR count). The summed E-state index contributed by atoms with van der Waals surface area (Å²) in [5, 5.41) is 3.33. The van der Waals surface area contributed by atoms with Gasteiger partial charge in [-0.25, -0.2) is 4.57 Å². The number of anilines is 1. The van der Waals surface area contributed by atoms with E-state index in [-0.39, 0.29) is 0 Å². The van der Waals surface area contributed by atoms with Gasteiger partial charge in [0.25, 0.3) is 5.65 Å². The molecule has 20 heavy (non-hydrogen) atoms. The van der Waals surface area contributed by atoms with Crippen molar-refractivity contribution in [2.45, 2.75) is 26.4 Å². The summed E-state index contributed by atoms with van der Waals surface area (Å²) in [6.45, 7) is 4.95. The number of nitrogens with one attached hydrogen (secondary N) is 2. The predicted octanol–water partition coefficient (Wildman–Crippen LogP) is 2.11. The molecule has 1 aromatic carbocycles. The van der Waals surface area contributed by atoms with Crippen LogP contribution in [-0.4, -0.2) is 21.0 Å². The lowest BCUT2D eigenvalue weighted by molar-refractivity contribution is -0.667. The Balaban J connectivity index is 1.99. The Morgan fingerprint density at radius 2 is 2.00 bits per heavy atom. The molecule has 0 amide bonds. The normalized spacial score (nSPS) is 11.2. The van der Waals surface area contributed by atoms with Gasteiger partial charge in [0.05, 0.1) is 6.54 Å². The fraction of sp³-hybridized carbons (Fsp3) is 0.267. The average molecular weight is 268 g/mol. The summed E-state index contributed by atoms with van der Waals surface area (Å²) in [5.41, 5.74) is 3.08. The van der Waals surface area contributed by atoms with Gasteiger partial charge in [0, 0.05) is 6.04 Å². The third-order valence-electron chi connectivity index (χ3n) is 3.08. The van der Waals surface area contributed by atoms with Crippen molar-refractivity contribution < 1.29 is 4.57 Å². The molecule has 5 heteroatoms. The van der Waals surface area contributed by atoms with E-state index in [1.54, 1.807) is 6.33 Å². The zero-order valence-corrected chi connectivity index (χ0v) is 11.7. The molecular formula is C15H18N5+. The summed E-state index contributed by atoms with van der Waals surface area (Å²) >= 11 is 0. The Labute approximate surface area is 117 Å². The number of hydrogen-bond donors (Lipinski definition) is 2. The average Bonchev–Trinajstić information content (AvgIpc) is 2.92. The summed E-state index contributed by atoms with van der Waals surface area (Å²) in [7, 11) is 0. The lowest BCUT2D eigenvalue weighted by atomic mass is 10.2. The molecule has 5 nitrogen and oxygen atoms in total. The molecule has 0 saturated carbocycles. The maximum atomic E-state index is 4.50. The van der Waals surface area contributed by atoms with Gasteiger partial charge >= 0.3 is 0 Å². The van der Waals surface area contributed by atoms with Crippen LogP contribution in [-0.2, 0) is 6.54 Å². The third-order valence-corrected chi connectivity index (χ3v) is 3.08. The summed E-state index contributed by atoms with van der Waals surface area (Å²) in [4.78, 5) is 12.1. The standard InChI is InChI=1S/C15H17N5/c1-11(2)19-14-13-15(17-9-16-13)20(10-18-14)8-12-6-4-3-5-7-12/h3-7,9-11H,8H2,1-2H3,(H,16,17,19)/p+1. The number of nitrogens with zero attached hydrogens (tertiary/aromatic N) is 3. The van der Waals surface area contributed by atoms with Gasteiger partial charge in [-0.15, -0.1) is 0 Å². The van der Waals surface area contributed by atoms with Crippen LogP contribution in [0.25, 0.3) is 11.2 Å². The molecule has 0 aliphatic carbocycles. The first-order valence-corrected chi connectivity index (χ1v) is 6.76. The highest BCUT2D eigenvalue weighted by Gasteiger charge is 2.17.